The number of nitrogens with one attached hydrogen (secondary N) is 2. The molecule has 2 rings (SSSR count). The van der Waals surface area contributed by atoms with Crippen molar-refractivity contribution in [1.29, 1.82) is 5.26 Å². The summed E-state index contributed by atoms with van der Waals surface area (Å²) in [6.07, 6.45) is 1.43. The number of hydrogen-bond acceptors (Lipinski definition) is 3. The van der Waals surface area contributed by atoms with Crippen molar-refractivity contribution in [1.82, 2.24) is 10.6 Å². The Morgan fingerprint density at radius 2 is 1.88 bits per heavy atom. The summed E-state index contributed by atoms with van der Waals surface area (Å²) in [5, 5.41) is 15.5. The monoisotopic (exact) mass is 403 g/mol. The minimum atomic E-state index is -0.424. The van der Waals surface area contributed by atoms with Gasteiger partial charge < -0.3 is 10.6 Å². The third-order valence-corrected chi connectivity index (χ3v) is 4.25. The minimum absolute atomic E-state index is 0.0241. The van der Waals surface area contributed by atoms with Gasteiger partial charge in [0.25, 0.3) is 5.91 Å². The zero-order chi connectivity index (χ0) is 17.4. The fourth-order valence-corrected chi connectivity index (χ4v) is 2.48. The summed E-state index contributed by atoms with van der Waals surface area (Å²) in [5.74, 6) is -0.424. The quantitative estimate of drug-likeness (QED) is 0.566. The fraction of sp³-hybridized carbons (Fsp3) is 0.111. The normalized spacial score (nSPS) is 10.8. The highest BCUT2D eigenvalue weighted by Crippen LogP contribution is 2.15. The maximum atomic E-state index is 12.0. The third kappa shape index (κ3) is 5.41. The number of nitrogens with zero attached hydrogens (tertiary/aromatic N) is 1. The van der Waals surface area contributed by atoms with Crippen molar-refractivity contribution in [3.63, 3.8) is 0 Å². The molecule has 0 aromatic heterocycles. The molecule has 0 unspecified atom stereocenters. The molecular formula is C18H15BrClN3O. The number of nitriles is 1. The van der Waals surface area contributed by atoms with Crippen LogP contribution >= 0.6 is 27.5 Å². The molecule has 6 heteroatoms. The number of halogens is 2. The van der Waals surface area contributed by atoms with Crippen LogP contribution in [0, 0.1) is 11.3 Å². The van der Waals surface area contributed by atoms with Gasteiger partial charge in [-0.1, -0.05) is 57.9 Å². The van der Waals surface area contributed by atoms with Gasteiger partial charge in [0.2, 0.25) is 0 Å². The molecular weight excluding hydrogens is 390 g/mol. The van der Waals surface area contributed by atoms with Crippen LogP contribution < -0.4 is 10.6 Å². The number of rotatable bonds is 6. The van der Waals surface area contributed by atoms with Crippen LogP contribution in [0.3, 0.4) is 0 Å². The molecule has 0 atom stereocenters. The van der Waals surface area contributed by atoms with E-state index < -0.39 is 5.91 Å². The maximum absolute atomic E-state index is 12.0. The Balaban J connectivity index is 1.90. The standard InChI is InChI=1S/C18H15BrClN3O/c19-17-4-2-1-3-14(17)11-22-12-15(9-21)18(24)23-10-13-5-7-16(20)8-6-13/h1-8,12,22H,10-11H2,(H,23,24)/b15-12-. The van der Waals surface area contributed by atoms with Gasteiger partial charge in [0.1, 0.15) is 11.6 Å². The SMILES string of the molecule is N#C/C(=C/NCc1ccccc1Br)C(=O)NCc1ccc(Cl)cc1. The summed E-state index contributed by atoms with van der Waals surface area (Å²) < 4.78 is 0.969. The molecule has 0 saturated heterocycles. The van der Waals surface area contributed by atoms with E-state index in [1.54, 1.807) is 12.1 Å². The molecule has 0 heterocycles. The molecule has 0 spiro atoms. The van der Waals surface area contributed by atoms with Gasteiger partial charge in [0, 0.05) is 28.8 Å². The van der Waals surface area contributed by atoms with Crippen LogP contribution in [-0.2, 0) is 17.9 Å². The van der Waals surface area contributed by atoms with E-state index in [1.165, 1.54) is 6.20 Å². The number of benzene rings is 2. The zero-order valence-corrected chi connectivity index (χ0v) is 15.1. The smallest absolute Gasteiger partial charge is 0.263 e. The lowest BCUT2D eigenvalue weighted by Crippen LogP contribution is -2.25. The lowest BCUT2D eigenvalue weighted by molar-refractivity contribution is -0.117. The van der Waals surface area contributed by atoms with E-state index in [1.807, 2.05) is 42.5 Å². The van der Waals surface area contributed by atoms with Crippen LogP contribution in [0.5, 0.6) is 0 Å². The molecule has 1 amide bonds. The second-order valence-corrected chi connectivity index (χ2v) is 6.24. The molecule has 0 bridgehead atoms. The molecule has 0 aliphatic rings. The summed E-state index contributed by atoms with van der Waals surface area (Å²) in [6.45, 7) is 0.844. The molecule has 4 nitrogen and oxygen atoms in total. The Bertz CT molecular complexity index is 782. The van der Waals surface area contributed by atoms with Crippen LogP contribution in [0.1, 0.15) is 11.1 Å². The average Bonchev–Trinajstić information content (AvgIpc) is 2.59. The Morgan fingerprint density at radius 1 is 1.17 bits per heavy atom. The van der Waals surface area contributed by atoms with Crippen molar-refractivity contribution >= 4 is 33.4 Å². The molecule has 2 aromatic carbocycles. The van der Waals surface area contributed by atoms with Gasteiger partial charge in [0.15, 0.2) is 0 Å². The van der Waals surface area contributed by atoms with Crippen molar-refractivity contribution in [2.75, 3.05) is 0 Å². The predicted molar refractivity (Wildman–Crippen MR) is 98.0 cm³/mol. The van der Waals surface area contributed by atoms with E-state index in [4.69, 9.17) is 16.9 Å². The van der Waals surface area contributed by atoms with E-state index in [9.17, 15) is 4.79 Å². The van der Waals surface area contributed by atoms with Crippen LogP contribution in [0.15, 0.2) is 64.8 Å². The zero-order valence-electron chi connectivity index (χ0n) is 12.7. The number of amides is 1. The van der Waals surface area contributed by atoms with Gasteiger partial charge in [-0.3, -0.25) is 4.79 Å². The number of carbonyl (C=O) groups is 1. The van der Waals surface area contributed by atoms with Crippen LogP contribution in [0.25, 0.3) is 0 Å². The topological polar surface area (TPSA) is 64.9 Å². The van der Waals surface area contributed by atoms with Gasteiger partial charge in [-0.2, -0.15) is 5.26 Å². The molecule has 24 heavy (non-hydrogen) atoms. The lowest BCUT2D eigenvalue weighted by atomic mass is 10.2. The summed E-state index contributed by atoms with van der Waals surface area (Å²) in [4.78, 5) is 12.0. The predicted octanol–water partition coefficient (Wildman–Crippen LogP) is 3.92. The first-order valence-electron chi connectivity index (χ1n) is 7.20. The molecule has 0 fully saturated rings. The van der Waals surface area contributed by atoms with Crippen LogP contribution in [0.4, 0.5) is 0 Å². The maximum Gasteiger partial charge on any atom is 0.263 e. The van der Waals surface area contributed by atoms with Gasteiger partial charge in [-0.25, -0.2) is 0 Å². The van der Waals surface area contributed by atoms with Gasteiger partial charge in [-0.15, -0.1) is 0 Å². The van der Waals surface area contributed by atoms with Crippen LogP contribution in [0.2, 0.25) is 5.02 Å². The van der Waals surface area contributed by atoms with E-state index in [2.05, 4.69) is 26.6 Å². The third-order valence-electron chi connectivity index (χ3n) is 3.23. The van der Waals surface area contributed by atoms with Crippen molar-refractivity contribution in [2.45, 2.75) is 13.1 Å². The number of carbonyl (C=O) groups excluding carboxylic acids is 1. The second kappa shape index (κ2) is 9.11. The first kappa shape index (κ1) is 18.1. The van der Waals surface area contributed by atoms with Gasteiger partial charge in [-0.05, 0) is 29.3 Å². The molecule has 0 saturated carbocycles. The summed E-state index contributed by atoms with van der Waals surface area (Å²) in [7, 11) is 0. The highest BCUT2D eigenvalue weighted by Gasteiger charge is 2.08. The molecule has 2 aromatic rings. The van der Waals surface area contributed by atoms with E-state index in [0.717, 1.165) is 15.6 Å². The van der Waals surface area contributed by atoms with E-state index >= 15 is 0 Å². The second-order valence-electron chi connectivity index (χ2n) is 4.95. The van der Waals surface area contributed by atoms with Gasteiger partial charge in [0.05, 0.1) is 0 Å². The van der Waals surface area contributed by atoms with E-state index in [-0.39, 0.29) is 5.57 Å². The Kier molecular flexibility index (Phi) is 6.86. The van der Waals surface area contributed by atoms with Crippen LogP contribution in [-0.4, -0.2) is 5.91 Å². The fourth-order valence-electron chi connectivity index (χ4n) is 1.93. The highest BCUT2D eigenvalue weighted by atomic mass is 79.9. The Morgan fingerprint density at radius 3 is 2.54 bits per heavy atom. The van der Waals surface area contributed by atoms with Crippen molar-refractivity contribution < 1.29 is 4.79 Å². The molecule has 0 aliphatic carbocycles. The lowest BCUT2D eigenvalue weighted by Gasteiger charge is -2.06. The number of hydrogen-bond donors (Lipinski definition) is 2. The van der Waals surface area contributed by atoms with Crippen molar-refractivity contribution in [3.05, 3.63) is 80.9 Å². The summed E-state index contributed by atoms with van der Waals surface area (Å²) >= 11 is 9.27. The minimum Gasteiger partial charge on any atom is -0.386 e. The summed E-state index contributed by atoms with van der Waals surface area (Å²) in [5.41, 5.74) is 1.97. The van der Waals surface area contributed by atoms with Gasteiger partial charge >= 0.3 is 0 Å². The Labute approximate surface area is 154 Å². The largest absolute Gasteiger partial charge is 0.386 e. The Hall–Kier alpha value is -2.29. The molecule has 2 N–H and O–H groups in total. The first-order chi connectivity index (χ1) is 11.6. The molecule has 0 radical (unpaired) electrons. The highest BCUT2D eigenvalue weighted by molar-refractivity contribution is 9.10. The van der Waals surface area contributed by atoms with Crippen molar-refractivity contribution in [2.24, 2.45) is 0 Å². The first-order valence-corrected chi connectivity index (χ1v) is 8.37. The van der Waals surface area contributed by atoms with E-state index in [0.29, 0.717) is 18.1 Å². The van der Waals surface area contributed by atoms with Crippen molar-refractivity contribution in [3.8, 4) is 6.07 Å². The molecule has 122 valence electrons. The summed E-state index contributed by atoms with van der Waals surface area (Å²) in [6, 6.07) is 16.8. The average molecular weight is 405 g/mol. The molecule has 0 aliphatic heterocycles.